The molecule has 0 spiro atoms. The number of benzene rings is 1. The number of fused-ring (bicyclic) bond motifs is 1. The maximum atomic E-state index is 11.0. The number of para-hydroxylation sites is 1. The van der Waals surface area contributed by atoms with Crippen molar-refractivity contribution in [1.82, 2.24) is 0 Å². The minimum absolute atomic E-state index is 0.428. The number of furan rings is 1. The summed E-state index contributed by atoms with van der Waals surface area (Å²) in [6, 6.07) is 9.91. The molecule has 0 amide bonds. The number of hydrogen-bond donors (Lipinski definition) is 1. The van der Waals surface area contributed by atoms with Crippen LogP contribution < -0.4 is 0 Å². The molecule has 0 atom stereocenters. The topological polar surface area (TPSA) is 33.4 Å². The number of hydrogen-bond acceptors (Lipinski definition) is 2. The van der Waals surface area contributed by atoms with Gasteiger partial charge in [-0.05, 0) is 36.8 Å². The van der Waals surface area contributed by atoms with Crippen LogP contribution in [0, 0.1) is 11.8 Å². The average Bonchev–Trinajstić information content (AvgIpc) is 2.70. The highest BCUT2D eigenvalue weighted by Gasteiger charge is 2.34. The second kappa shape index (κ2) is 5.38. The molecule has 0 fully saturated rings. The van der Waals surface area contributed by atoms with Crippen LogP contribution in [0.4, 0.5) is 0 Å². The first-order chi connectivity index (χ1) is 8.90. The van der Waals surface area contributed by atoms with Crippen molar-refractivity contribution in [3.63, 3.8) is 0 Å². The number of rotatable bonds is 5. The monoisotopic (exact) mass is 260 g/mol. The zero-order chi connectivity index (χ0) is 14.0. The van der Waals surface area contributed by atoms with Gasteiger partial charge in [0.15, 0.2) is 0 Å². The predicted molar refractivity (Wildman–Crippen MR) is 79.0 cm³/mol. The maximum absolute atomic E-state index is 11.0. The lowest BCUT2D eigenvalue weighted by Crippen LogP contribution is -2.29. The van der Waals surface area contributed by atoms with Crippen LogP contribution in [-0.4, -0.2) is 5.11 Å². The number of aliphatic hydroxyl groups is 1. The van der Waals surface area contributed by atoms with E-state index in [1.54, 1.807) is 0 Å². The molecule has 0 aliphatic carbocycles. The molecule has 1 N–H and O–H groups in total. The first kappa shape index (κ1) is 14.1. The van der Waals surface area contributed by atoms with Crippen LogP contribution in [0.3, 0.4) is 0 Å². The molecule has 2 heteroatoms. The van der Waals surface area contributed by atoms with E-state index in [9.17, 15) is 5.11 Å². The molecule has 104 valence electrons. The van der Waals surface area contributed by atoms with Gasteiger partial charge in [0.25, 0.3) is 0 Å². The van der Waals surface area contributed by atoms with E-state index < -0.39 is 5.60 Å². The van der Waals surface area contributed by atoms with Crippen LogP contribution in [0.2, 0.25) is 0 Å². The Morgan fingerprint density at radius 1 is 1.05 bits per heavy atom. The van der Waals surface area contributed by atoms with Gasteiger partial charge in [-0.3, -0.25) is 0 Å². The summed E-state index contributed by atoms with van der Waals surface area (Å²) in [5, 5.41) is 12.1. The molecule has 0 aliphatic rings. The van der Waals surface area contributed by atoms with E-state index >= 15 is 0 Å². The van der Waals surface area contributed by atoms with Crippen molar-refractivity contribution in [2.45, 2.75) is 46.1 Å². The fraction of sp³-hybridized carbons (Fsp3) is 0.529. The van der Waals surface area contributed by atoms with E-state index in [1.807, 2.05) is 30.3 Å². The largest absolute Gasteiger partial charge is 0.458 e. The Morgan fingerprint density at radius 3 is 2.16 bits per heavy atom. The van der Waals surface area contributed by atoms with Crippen LogP contribution in [0.1, 0.15) is 46.3 Å². The summed E-state index contributed by atoms with van der Waals surface area (Å²) in [5.41, 5.74) is -0.00936. The Kier molecular flexibility index (Phi) is 4.00. The Morgan fingerprint density at radius 2 is 1.63 bits per heavy atom. The first-order valence-corrected chi connectivity index (χ1v) is 7.12. The Balaban J connectivity index is 2.41. The Labute approximate surface area is 115 Å². The van der Waals surface area contributed by atoms with E-state index in [1.165, 1.54) is 0 Å². The molecule has 19 heavy (non-hydrogen) atoms. The summed E-state index contributed by atoms with van der Waals surface area (Å²) < 4.78 is 5.88. The fourth-order valence-electron chi connectivity index (χ4n) is 2.85. The summed E-state index contributed by atoms with van der Waals surface area (Å²) >= 11 is 0. The van der Waals surface area contributed by atoms with Crippen LogP contribution in [0.25, 0.3) is 11.0 Å². The smallest absolute Gasteiger partial charge is 0.136 e. The van der Waals surface area contributed by atoms with Gasteiger partial charge in [0.2, 0.25) is 0 Å². The van der Waals surface area contributed by atoms with Gasteiger partial charge in [-0.15, -0.1) is 0 Å². The molecule has 2 aromatic rings. The van der Waals surface area contributed by atoms with E-state index in [4.69, 9.17) is 4.42 Å². The Hall–Kier alpha value is -1.28. The standard InChI is InChI=1S/C17H24O2/c1-12(2)10-17(18,11-13(3)4)16-9-14-7-5-6-8-15(14)19-16/h5-9,12-13,18H,10-11H2,1-4H3. The molecule has 0 saturated carbocycles. The van der Waals surface area contributed by atoms with Gasteiger partial charge < -0.3 is 9.52 Å². The van der Waals surface area contributed by atoms with Gasteiger partial charge in [0, 0.05) is 5.39 Å². The minimum atomic E-state index is -0.860. The van der Waals surface area contributed by atoms with Gasteiger partial charge in [-0.25, -0.2) is 0 Å². The third-order valence-corrected chi connectivity index (χ3v) is 3.38. The molecule has 0 bridgehead atoms. The zero-order valence-corrected chi connectivity index (χ0v) is 12.3. The first-order valence-electron chi connectivity index (χ1n) is 7.12. The van der Waals surface area contributed by atoms with E-state index in [0.717, 1.165) is 23.8 Å². The zero-order valence-electron chi connectivity index (χ0n) is 12.3. The van der Waals surface area contributed by atoms with Crippen LogP contribution in [0.15, 0.2) is 34.7 Å². The van der Waals surface area contributed by atoms with Crippen molar-refractivity contribution in [2.75, 3.05) is 0 Å². The lowest BCUT2D eigenvalue weighted by Gasteiger charge is -2.29. The molecule has 1 heterocycles. The fourth-order valence-corrected chi connectivity index (χ4v) is 2.85. The summed E-state index contributed by atoms with van der Waals surface area (Å²) in [6.07, 6.45) is 1.45. The van der Waals surface area contributed by atoms with Crippen LogP contribution >= 0.6 is 0 Å². The van der Waals surface area contributed by atoms with Gasteiger partial charge in [-0.2, -0.15) is 0 Å². The highest BCUT2D eigenvalue weighted by Crippen LogP contribution is 2.37. The van der Waals surface area contributed by atoms with E-state index in [0.29, 0.717) is 17.6 Å². The minimum Gasteiger partial charge on any atom is -0.458 e. The lowest BCUT2D eigenvalue weighted by molar-refractivity contribution is -0.0222. The second-order valence-electron chi connectivity index (χ2n) is 6.38. The molecule has 2 nitrogen and oxygen atoms in total. The summed E-state index contributed by atoms with van der Waals surface area (Å²) in [5.74, 6) is 1.56. The average molecular weight is 260 g/mol. The van der Waals surface area contributed by atoms with Gasteiger partial charge in [0.05, 0.1) is 0 Å². The van der Waals surface area contributed by atoms with Crippen LogP contribution in [-0.2, 0) is 5.60 Å². The van der Waals surface area contributed by atoms with Crippen molar-refractivity contribution in [2.24, 2.45) is 11.8 Å². The quantitative estimate of drug-likeness (QED) is 0.844. The van der Waals surface area contributed by atoms with Crippen molar-refractivity contribution in [3.05, 3.63) is 36.1 Å². The normalized spacial score (nSPS) is 12.8. The van der Waals surface area contributed by atoms with Crippen molar-refractivity contribution in [3.8, 4) is 0 Å². The van der Waals surface area contributed by atoms with Gasteiger partial charge in [0.1, 0.15) is 16.9 Å². The van der Waals surface area contributed by atoms with Crippen molar-refractivity contribution in [1.29, 1.82) is 0 Å². The Bertz CT molecular complexity index is 494. The molecular formula is C17H24O2. The van der Waals surface area contributed by atoms with E-state index in [2.05, 4.69) is 27.7 Å². The van der Waals surface area contributed by atoms with Crippen molar-refractivity contribution < 1.29 is 9.52 Å². The molecule has 1 aromatic heterocycles. The highest BCUT2D eigenvalue weighted by molar-refractivity contribution is 5.77. The molecule has 0 aliphatic heterocycles. The maximum Gasteiger partial charge on any atom is 0.136 e. The SMILES string of the molecule is CC(C)CC(O)(CC(C)C)c1cc2ccccc2o1. The van der Waals surface area contributed by atoms with Gasteiger partial charge >= 0.3 is 0 Å². The third-order valence-electron chi connectivity index (χ3n) is 3.38. The molecule has 0 saturated heterocycles. The van der Waals surface area contributed by atoms with Crippen molar-refractivity contribution >= 4 is 11.0 Å². The van der Waals surface area contributed by atoms with E-state index in [-0.39, 0.29) is 0 Å². The summed E-state index contributed by atoms with van der Waals surface area (Å²) in [6.45, 7) is 8.53. The highest BCUT2D eigenvalue weighted by atomic mass is 16.4. The summed E-state index contributed by atoms with van der Waals surface area (Å²) in [4.78, 5) is 0. The second-order valence-corrected chi connectivity index (χ2v) is 6.38. The molecule has 1 aromatic carbocycles. The van der Waals surface area contributed by atoms with Gasteiger partial charge in [-0.1, -0.05) is 45.9 Å². The molecule has 0 unspecified atom stereocenters. The third kappa shape index (κ3) is 3.19. The molecule has 0 radical (unpaired) electrons. The summed E-state index contributed by atoms with van der Waals surface area (Å²) in [7, 11) is 0. The molecular weight excluding hydrogens is 236 g/mol. The van der Waals surface area contributed by atoms with Crippen LogP contribution in [0.5, 0.6) is 0 Å². The lowest BCUT2D eigenvalue weighted by atomic mass is 9.83. The predicted octanol–water partition coefficient (Wildman–Crippen LogP) is 4.71. The molecule has 2 rings (SSSR count).